The molecule has 0 saturated carbocycles. The first-order chi connectivity index (χ1) is 15.5. The molecule has 15 heteroatoms. The van der Waals surface area contributed by atoms with Crippen molar-refractivity contribution in [2.75, 3.05) is 19.6 Å². The van der Waals surface area contributed by atoms with Gasteiger partial charge in [-0.25, -0.2) is 4.79 Å². The van der Waals surface area contributed by atoms with Crippen LogP contribution in [0.25, 0.3) is 0 Å². The van der Waals surface area contributed by atoms with Crippen LogP contribution in [-0.4, -0.2) is 83.6 Å². The predicted octanol–water partition coefficient (Wildman–Crippen LogP) is -3.86. The average molecular weight is 475 g/mol. The van der Waals surface area contributed by atoms with Crippen LogP contribution in [-0.2, 0) is 24.0 Å². The number of guanidine groups is 1. The Kier molecular flexibility index (Phi) is 14.5. The fraction of sp³-hybridized carbons (Fsp3) is 0.667. The van der Waals surface area contributed by atoms with Gasteiger partial charge in [-0.2, -0.15) is 0 Å². The zero-order valence-corrected chi connectivity index (χ0v) is 18.3. The van der Waals surface area contributed by atoms with Crippen LogP contribution in [0.15, 0.2) is 4.99 Å². The molecule has 0 aromatic heterocycles. The van der Waals surface area contributed by atoms with E-state index in [9.17, 15) is 29.1 Å². The lowest BCUT2D eigenvalue weighted by Crippen LogP contribution is -2.56. The third-order valence-electron chi connectivity index (χ3n) is 4.36. The van der Waals surface area contributed by atoms with E-state index in [1.54, 1.807) is 0 Å². The van der Waals surface area contributed by atoms with E-state index >= 15 is 0 Å². The van der Waals surface area contributed by atoms with Crippen molar-refractivity contribution in [3.63, 3.8) is 0 Å². The molecule has 0 aliphatic rings. The molecular formula is C18H34N8O7. The van der Waals surface area contributed by atoms with E-state index in [0.29, 0.717) is 19.4 Å². The third kappa shape index (κ3) is 13.5. The maximum atomic E-state index is 12.7. The highest BCUT2D eigenvalue weighted by Gasteiger charge is 2.30. The van der Waals surface area contributed by atoms with Crippen molar-refractivity contribution in [1.82, 2.24) is 16.0 Å². The van der Waals surface area contributed by atoms with Gasteiger partial charge in [0.1, 0.15) is 18.1 Å². The highest BCUT2D eigenvalue weighted by molar-refractivity contribution is 5.95. The number of carboxylic acids is 2. The minimum atomic E-state index is -1.58. The van der Waals surface area contributed by atoms with Crippen LogP contribution >= 0.6 is 0 Å². The van der Waals surface area contributed by atoms with Crippen molar-refractivity contribution in [3.8, 4) is 0 Å². The lowest BCUT2D eigenvalue weighted by Gasteiger charge is -2.23. The highest BCUT2D eigenvalue weighted by Crippen LogP contribution is 2.05. The maximum absolute atomic E-state index is 12.7. The number of aliphatic imine (C=N–C) groups is 1. The zero-order chi connectivity index (χ0) is 25.4. The van der Waals surface area contributed by atoms with Gasteiger partial charge in [-0.05, 0) is 38.6 Å². The van der Waals surface area contributed by atoms with Crippen LogP contribution in [0.1, 0.15) is 38.5 Å². The molecule has 0 aromatic rings. The molecular weight excluding hydrogens is 440 g/mol. The summed E-state index contributed by atoms with van der Waals surface area (Å²) in [4.78, 5) is 63.3. The summed E-state index contributed by atoms with van der Waals surface area (Å²) < 4.78 is 0. The summed E-state index contributed by atoms with van der Waals surface area (Å²) in [5.41, 5.74) is 21.1. The van der Waals surface area contributed by atoms with E-state index in [4.69, 9.17) is 28.0 Å². The Bertz CT molecular complexity index is 712. The monoisotopic (exact) mass is 474 g/mol. The van der Waals surface area contributed by atoms with Gasteiger partial charge in [0.25, 0.3) is 0 Å². The number of nitrogens with zero attached hydrogens (tertiary/aromatic N) is 1. The summed E-state index contributed by atoms with van der Waals surface area (Å²) in [7, 11) is 0. The molecule has 15 nitrogen and oxygen atoms in total. The van der Waals surface area contributed by atoms with Crippen molar-refractivity contribution < 1.29 is 34.2 Å². The molecule has 0 saturated heterocycles. The van der Waals surface area contributed by atoms with Gasteiger partial charge >= 0.3 is 11.9 Å². The van der Waals surface area contributed by atoms with E-state index in [0.717, 1.165) is 0 Å². The van der Waals surface area contributed by atoms with Gasteiger partial charge < -0.3 is 49.1 Å². The second-order valence-corrected chi connectivity index (χ2v) is 7.12. The Morgan fingerprint density at radius 1 is 0.788 bits per heavy atom. The summed E-state index contributed by atoms with van der Waals surface area (Å²) >= 11 is 0. The number of unbranched alkanes of at least 4 members (excludes halogenated alkanes) is 1. The van der Waals surface area contributed by atoms with Crippen molar-refractivity contribution in [1.29, 1.82) is 0 Å². The summed E-state index contributed by atoms with van der Waals surface area (Å²) in [6.45, 7) is 0.101. The summed E-state index contributed by atoms with van der Waals surface area (Å²) in [6, 6.07) is -4.02. The highest BCUT2D eigenvalue weighted by atomic mass is 16.4. The maximum Gasteiger partial charge on any atom is 0.326 e. The van der Waals surface area contributed by atoms with Crippen molar-refractivity contribution in [2.45, 2.75) is 56.7 Å². The van der Waals surface area contributed by atoms with Gasteiger partial charge in [0.15, 0.2) is 5.96 Å². The zero-order valence-electron chi connectivity index (χ0n) is 18.3. The smallest absolute Gasteiger partial charge is 0.326 e. The standard InChI is InChI=1S/C18H34N8O7/c19-6-2-1-4-11(17(32)33)25-16(31)12(8-14(28)29)26-15(30)10(24-13(27)9-20)5-3-7-23-18(21)22/h10-12H,1-9,19-20H2,(H,24,27)(H,25,31)(H,26,30)(H,28,29)(H,32,33)(H4,21,22,23). The molecule has 0 aliphatic carbocycles. The number of nitrogens with two attached hydrogens (primary N) is 4. The number of hydrogen-bond acceptors (Lipinski definition) is 8. The van der Waals surface area contributed by atoms with Gasteiger partial charge in [-0.3, -0.25) is 24.2 Å². The summed E-state index contributed by atoms with van der Waals surface area (Å²) in [5, 5.41) is 25.3. The van der Waals surface area contributed by atoms with Crippen LogP contribution in [0.5, 0.6) is 0 Å². The number of nitrogens with one attached hydrogen (secondary N) is 3. The minimum absolute atomic E-state index is 0.0621. The molecule has 0 bridgehead atoms. The molecule has 0 radical (unpaired) electrons. The SMILES string of the molecule is NCCCCC(NC(=O)C(CC(=O)O)NC(=O)C(CCCN=C(N)N)NC(=O)CN)C(=O)O. The van der Waals surface area contributed by atoms with Crippen LogP contribution in [0.2, 0.25) is 0 Å². The molecule has 0 heterocycles. The predicted molar refractivity (Wildman–Crippen MR) is 118 cm³/mol. The van der Waals surface area contributed by atoms with Crippen molar-refractivity contribution >= 4 is 35.6 Å². The molecule has 13 N–H and O–H groups in total. The van der Waals surface area contributed by atoms with Gasteiger partial charge in [0, 0.05) is 6.54 Å². The number of carbonyl (C=O) groups excluding carboxylic acids is 3. The first-order valence-electron chi connectivity index (χ1n) is 10.3. The molecule has 3 atom stereocenters. The Morgan fingerprint density at radius 3 is 1.88 bits per heavy atom. The van der Waals surface area contributed by atoms with Crippen LogP contribution in [0.4, 0.5) is 0 Å². The van der Waals surface area contributed by atoms with E-state index in [1.165, 1.54) is 0 Å². The molecule has 188 valence electrons. The molecule has 0 aromatic carbocycles. The van der Waals surface area contributed by atoms with E-state index in [1.807, 2.05) is 0 Å². The minimum Gasteiger partial charge on any atom is -0.481 e. The lowest BCUT2D eigenvalue weighted by atomic mass is 10.1. The fourth-order valence-electron chi connectivity index (χ4n) is 2.70. The Hall–Kier alpha value is -3.46. The lowest BCUT2D eigenvalue weighted by molar-refractivity contribution is -0.143. The molecule has 0 spiro atoms. The van der Waals surface area contributed by atoms with Crippen LogP contribution in [0.3, 0.4) is 0 Å². The van der Waals surface area contributed by atoms with Crippen LogP contribution < -0.4 is 38.9 Å². The number of carboxylic acid groups (broad SMARTS) is 2. The second kappa shape index (κ2) is 16.2. The van der Waals surface area contributed by atoms with Gasteiger partial charge in [0.2, 0.25) is 17.7 Å². The van der Waals surface area contributed by atoms with E-state index in [-0.39, 0.29) is 31.8 Å². The number of rotatable bonds is 17. The van der Waals surface area contributed by atoms with Gasteiger partial charge in [0.05, 0.1) is 13.0 Å². The molecule has 0 aliphatic heterocycles. The second-order valence-electron chi connectivity index (χ2n) is 7.12. The van der Waals surface area contributed by atoms with Gasteiger partial charge in [-0.15, -0.1) is 0 Å². The Morgan fingerprint density at radius 2 is 1.36 bits per heavy atom. The number of amides is 3. The topological polar surface area (TPSA) is 278 Å². The Labute approximate surface area is 190 Å². The molecule has 33 heavy (non-hydrogen) atoms. The van der Waals surface area contributed by atoms with E-state index < -0.39 is 60.8 Å². The summed E-state index contributed by atoms with van der Waals surface area (Å²) in [6.07, 6.45) is 0.569. The first kappa shape index (κ1) is 29.5. The number of carbonyl (C=O) groups is 5. The number of hydrogen-bond donors (Lipinski definition) is 9. The summed E-state index contributed by atoms with van der Waals surface area (Å²) in [5.74, 6) is -5.36. The number of aliphatic carboxylic acids is 2. The average Bonchev–Trinajstić information content (AvgIpc) is 2.73. The quantitative estimate of drug-likeness (QED) is 0.0558. The molecule has 0 fully saturated rings. The van der Waals surface area contributed by atoms with Crippen molar-refractivity contribution in [3.05, 3.63) is 0 Å². The Balaban J connectivity index is 5.35. The first-order valence-corrected chi connectivity index (χ1v) is 10.3. The van der Waals surface area contributed by atoms with Gasteiger partial charge in [-0.1, -0.05) is 0 Å². The molecule has 3 amide bonds. The normalized spacial score (nSPS) is 13.2. The van der Waals surface area contributed by atoms with E-state index in [2.05, 4.69) is 20.9 Å². The third-order valence-corrected chi connectivity index (χ3v) is 4.36. The molecule has 0 rings (SSSR count). The molecule has 3 unspecified atom stereocenters. The van der Waals surface area contributed by atoms with Crippen molar-refractivity contribution in [2.24, 2.45) is 27.9 Å². The fourth-order valence-corrected chi connectivity index (χ4v) is 2.70. The largest absolute Gasteiger partial charge is 0.481 e. The van der Waals surface area contributed by atoms with Crippen LogP contribution in [0, 0.1) is 0 Å².